The Bertz CT molecular complexity index is 443. The molecule has 0 unspecified atom stereocenters. The number of aldehydes is 1. The molecule has 0 aliphatic carbocycles. The largest absolute Gasteiger partial charge is 1.00 e. The number of halogens is 1. The van der Waals surface area contributed by atoms with Crippen molar-refractivity contribution >= 4 is 28.0 Å². The van der Waals surface area contributed by atoms with Gasteiger partial charge < -0.3 is 4.55 Å². The summed E-state index contributed by atoms with van der Waals surface area (Å²) in [5, 5.41) is 0.113. The summed E-state index contributed by atoms with van der Waals surface area (Å²) in [6.45, 7) is 0. The predicted octanol–water partition coefficient (Wildman–Crippen LogP) is -1.94. The van der Waals surface area contributed by atoms with Crippen LogP contribution in [0, 0.1) is 0 Å². The molecule has 0 aliphatic heterocycles. The fraction of sp³-hybridized carbons (Fsp3) is 0. The van der Waals surface area contributed by atoms with Gasteiger partial charge in [0.05, 0.1) is 9.92 Å². The van der Waals surface area contributed by atoms with Crippen molar-refractivity contribution in [1.82, 2.24) is 0 Å². The molecular formula is C7H4ClNaO4S. The maximum Gasteiger partial charge on any atom is 1.00 e. The SMILES string of the molecule is O=Cc1cc(S(=O)(=O)[O-])ccc1Cl.[Na+]. The second-order valence-corrected chi connectivity index (χ2v) is 4.04. The van der Waals surface area contributed by atoms with Crippen molar-refractivity contribution in [2.24, 2.45) is 0 Å². The summed E-state index contributed by atoms with van der Waals surface area (Å²) in [6, 6.07) is 3.19. The Morgan fingerprint density at radius 3 is 2.36 bits per heavy atom. The first kappa shape index (κ1) is 14.1. The summed E-state index contributed by atoms with van der Waals surface area (Å²) in [4.78, 5) is 9.87. The third kappa shape index (κ3) is 3.34. The van der Waals surface area contributed by atoms with Crippen LogP contribution in [0.4, 0.5) is 0 Å². The van der Waals surface area contributed by atoms with E-state index in [9.17, 15) is 17.8 Å². The molecule has 0 radical (unpaired) electrons. The minimum Gasteiger partial charge on any atom is -0.744 e. The fourth-order valence-corrected chi connectivity index (χ4v) is 1.44. The molecule has 4 nitrogen and oxygen atoms in total. The zero-order valence-electron chi connectivity index (χ0n) is 7.23. The van der Waals surface area contributed by atoms with Gasteiger partial charge in [-0.3, -0.25) is 4.79 Å². The molecular weight excluding hydrogens is 239 g/mol. The third-order valence-corrected chi connectivity index (χ3v) is 2.56. The average Bonchev–Trinajstić information content (AvgIpc) is 2.03. The summed E-state index contributed by atoms with van der Waals surface area (Å²) in [5.74, 6) is 0. The second kappa shape index (κ2) is 5.25. The van der Waals surface area contributed by atoms with Gasteiger partial charge >= 0.3 is 29.6 Å². The van der Waals surface area contributed by atoms with E-state index in [1.807, 2.05) is 0 Å². The van der Waals surface area contributed by atoms with Crippen molar-refractivity contribution in [2.75, 3.05) is 0 Å². The maximum atomic E-state index is 10.5. The molecule has 1 aromatic rings. The van der Waals surface area contributed by atoms with Crippen molar-refractivity contribution in [1.29, 1.82) is 0 Å². The van der Waals surface area contributed by atoms with Crippen LogP contribution in [0.5, 0.6) is 0 Å². The summed E-state index contributed by atoms with van der Waals surface area (Å²) in [6.07, 6.45) is 0.386. The van der Waals surface area contributed by atoms with E-state index in [1.165, 1.54) is 6.07 Å². The van der Waals surface area contributed by atoms with Crippen LogP contribution in [0.25, 0.3) is 0 Å². The molecule has 1 aromatic carbocycles. The molecule has 14 heavy (non-hydrogen) atoms. The van der Waals surface area contributed by atoms with E-state index in [4.69, 9.17) is 11.6 Å². The normalized spacial score (nSPS) is 10.4. The van der Waals surface area contributed by atoms with Crippen LogP contribution in [0.15, 0.2) is 23.1 Å². The van der Waals surface area contributed by atoms with Crippen molar-refractivity contribution in [3.05, 3.63) is 28.8 Å². The van der Waals surface area contributed by atoms with Gasteiger partial charge in [0, 0.05) is 5.56 Å². The van der Waals surface area contributed by atoms with Crippen LogP contribution in [-0.4, -0.2) is 19.3 Å². The third-order valence-electron chi connectivity index (χ3n) is 1.38. The van der Waals surface area contributed by atoms with E-state index in [0.717, 1.165) is 12.1 Å². The maximum absolute atomic E-state index is 10.5. The van der Waals surface area contributed by atoms with E-state index in [0.29, 0.717) is 6.29 Å². The van der Waals surface area contributed by atoms with Gasteiger partial charge in [-0.2, -0.15) is 0 Å². The van der Waals surface area contributed by atoms with Gasteiger partial charge in [0.2, 0.25) is 0 Å². The number of hydrogen-bond acceptors (Lipinski definition) is 4. The van der Waals surface area contributed by atoms with Crippen molar-refractivity contribution < 1.29 is 47.3 Å². The van der Waals surface area contributed by atoms with Crippen LogP contribution in [-0.2, 0) is 10.1 Å². The van der Waals surface area contributed by atoms with Gasteiger partial charge in [0.25, 0.3) is 0 Å². The van der Waals surface area contributed by atoms with Gasteiger partial charge in [-0.15, -0.1) is 0 Å². The smallest absolute Gasteiger partial charge is 0.744 e. The van der Waals surface area contributed by atoms with Gasteiger partial charge in [-0.05, 0) is 18.2 Å². The number of benzene rings is 1. The quantitative estimate of drug-likeness (QED) is 0.344. The standard InChI is InChI=1S/C7H5ClO4S.Na/c8-7-2-1-6(13(10,11)12)3-5(7)4-9;/h1-4H,(H,10,11,12);/q;+1/p-1. The molecule has 1 rings (SSSR count). The molecule has 7 heteroatoms. The monoisotopic (exact) mass is 242 g/mol. The summed E-state index contributed by atoms with van der Waals surface area (Å²) in [5.41, 5.74) is -0.0152. The predicted molar refractivity (Wildman–Crippen MR) is 44.8 cm³/mol. The molecule has 0 bridgehead atoms. The van der Waals surface area contributed by atoms with E-state index < -0.39 is 15.0 Å². The Hall–Kier alpha value is 0.0900. The molecule has 0 fully saturated rings. The zero-order chi connectivity index (χ0) is 10.1. The molecule has 0 N–H and O–H groups in total. The molecule has 0 amide bonds. The molecule has 0 saturated heterocycles. The Morgan fingerprint density at radius 1 is 1.36 bits per heavy atom. The van der Waals surface area contributed by atoms with Crippen LogP contribution in [0.1, 0.15) is 10.4 Å². The Balaban J connectivity index is 0.00000169. The van der Waals surface area contributed by atoms with Crippen molar-refractivity contribution in [3.8, 4) is 0 Å². The first-order valence-corrected chi connectivity index (χ1v) is 4.94. The molecule has 0 aromatic heterocycles. The summed E-state index contributed by atoms with van der Waals surface area (Å²) < 4.78 is 31.5. The average molecular weight is 243 g/mol. The number of hydrogen-bond donors (Lipinski definition) is 0. The Labute approximate surface area is 108 Å². The fourth-order valence-electron chi connectivity index (χ4n) is 0.768. The van der Waals surface area contributed by atoms with E-state index in [2.05, 4.69) is 0 Å². The zero-order valence-corrected chi connectivity index (χ0v) is 10.8. The molecule has 0 atom stereocenters. The minimum absolute atomic E-state index is 0. The van der Waals surface area contributed by atoms with Crippen LogP contribution < -0.4 is 29.6 Å². The van der Waals surface area contributed by atoms with Crippen LogP contribution in [0.3, 0.4) is 0 Å². The first-order chi connectivity index (χ1) is 5.95. The van der Waals surface area contributed by atoms with E-state index in [-0.39, 0.29) is 40.1 Å². The number of carbonyl (C=O) groups excluding carboxylic acids is 1. The minimum atomic E-state index is -4.52. The van der Waals surface area contributed by atoms with Crippen molar-refractivity contribution in [3.63, 3.8) is 0 Å². The summed E-state index contributed by atoms with van der Waals surface area (Å²) >= 11 is 5.52. The number of rotatable bonds is 2. The van der Waals surface area contributed by atoms with Gasteiger partial charge in [0.1, 0.15) is 10.1 Å². The first-order valence-electron chi connectivity index (χ1n) is 3.16. The van der Waals surface area contributed by atoms with Gasteiger partial charge in [-0.25, -0.2) is 8.42 Å². The van der Waals surface area contributed by atoms with E-state index >= 15 is 0 Å². The summed E-state index contributed by atoms with van der Waals surface area (Å²) in [7, 11) is -4.52. The topological polar surface area (TPSA) is 74.3 Å². The van der Waals surface area contributed by atoms with Gasteiger partial charge in [0.15, 0.2) is 6.29 Å². The van der Waals surface area contributed by atoms with Crippen LogP contribution >= 0.6 is 11.6 Å². The molecule has 0 spiro atoms. The Morgan fingerprint density at radius 2 is 1.93 bits per heavy atom. The molecule has 0 aliphatic rings. The van der Waals surface area contributed by atoms with Gasteiger partial charge in [-0.1, -0.05) is 11.6 Å². The van der Waals surface area contributed by atoms with Crippen molar-refractivity contribution in [2.45, 2.75) is 4.90 Å². The van der Waals surface area contributed by atoms with E-state index in [1.54, 1.807) is 0 Å². The second-order valence-electron chi connectivity index (χ2n) is 2.26. The molecule has 0 heterocycles. The molecule has 70 valence electrons. The molecule has 0 saturated carbocycles. The number of carbonyl (C=O) groups is 1. The van der Waals surface area contributed by atoms with Crippen LogP contribution in [0.2, 0.25) is 5.02 Å². The Kier molecular flexibility index (Phi) is 5.28.